The Morgan fingerprint density at radius 2 is 1.68 bits per heavy atom. The molecule has 0 saturated carbocycles. The van der Waals surface area contributed by atoms with Crippen molar-refractivity contribution in [2.24, 2.45) is 5.14 Å². The van der Waals surface area contributed by atoms with Gasteiger partial charge in [-0.3, -0.25) is 4.79 Å². The van der Waals surface area contributed by atoms with E-state index in [2.05, 4.69) is 5.32 Å². The quantitative estimate of drug-likeness (QED) is 0.780. The summed E-state index contributed by atoms with van der Waals surface area (Å²) in [4.78, 5) is 12.0. The van der Waals surface area contributed by atoms with Crippen molar-refractivity contribution in [3.05, 3.63) is 48.0 Å². The summed E-state index contributed by atoms with van der Waals surface area (Å²) in [6.07, 6.45) is 0.799. The normalized spacial score (nSPS) is 11.0. The van der Waals surface area contributed by atoms with Crippen LogP contribution in [0.15, 0.2) is 47.4 Å². The van der Waals surface area contributed by atoms with Gasteiger partial charge in [0.15, 0.2) is 11.5 Å². The minimum absolute atomic E-state index is 0.00386. The molecule has 2 aromatic carbocycles. The molecule has 0 aliphatic rings. The van der Waals surface area contributed by atoms with Crippen molar-refractivity contribution < 1.29 is 22.7 Å². The molecule has 8 heteroatoms. The number of amides is 1. The van der Waals surface area contributed by atoms with E-state index in [9.17, 15) is 13.2 Å². The van der Waals surface area contributed by atoms with Crippen molar-refractivity contribution in [3.63, 3.8) is 0 Å². The maximum Gasteiger partial charge on any atom is 0.238 e. The molecular formula is C17H20N2O5S. The molecule has 0 aromatic heterocycles. The number of carbonyl (C=O) groups is 1. The van der Waals surface area contributed by atoms with Gasteiger partial charge in [-0.1, -0.05) is 6.07 Å². The maximum atomic E-state index is 12.0. The fourth-order valence-electron chi connectivity index (χ4n) is 2.25. The highest BCUT2D eigenvalue weighted by Crippen LogP contribution is 2.28. The number of ether oxygens (including phenoxy) is 2. The predicted octanol–water partition coefficient (Wildman–Crippen LogP) is 1.92. The Morgan fingerprint density at radius 3 is 2.24 bits per heavy atom. The number of primary sulfonamides is 1. The molecule has 0 heterocycles. The Hall–Kier alpha value is -2.58. The second kappa shape index (κ2) is 8.00. The molecule has 2 rings (SSSR count). The highest BCUT2D eigenvalue weighted by molar-refractivity contribution is 7.89. The molecule has 0 aliphatic carbocycles. The lowest BCUT2D eigenvalue weighted by Gasteiger charge is -2.10. The smallest absolute Gasteiger partial charge is 0.238 e. The van der Waals surface area contributed by atoms with Crippen LogP contribution >= 0.6 is 0 Å². The number of carbonyl (C=O) groups excluding carboxylic acids is 1. The van der Waals surface area contributed by atoms with E-state index in [4.69, 9.17) is 14.6 Å². The fourth-order valence-corrected chi connectivity index (χ4v) is 2.76. The van der Waals surface area contributed by atoms with Crippen LogP contribution in [0.1, 0.15) is 12.0 Å². The zero-order chi connectivity index (χ0) is 18.4. The van der Waals surface area contributed by atoms with E-state index in [0.29, 0.717) is 23.6 Å². The minimum Gasteiger partial charge on any atom is -0.493 e. The maximum absolute atomic E-state index is 12.0. The summed E-state index contributed by atoms with van der Waals surface area (Å²) < 4.78 is 32.8. The van der Waals surface area contributed by atoms with Crippen LogP contribution in [-0.2, 0) is 21.2 Å². The standard InChI is InChI=1S/C17H20N2O5S/c1-23-15-9-3-12(11-16(15)24-2)4-10-17(20)19-13-5-7-14(8-6-13)25(18,21)22/h3,5-9,11H,4,10H2,1-2H3,(H,19,20)(H2,18,21,22). The van der Waals surface area contributed by atoms with E-state index < -0.39 is 10.0 Å². The third kappa shape index (κ3) is 5.20. The van der Waals surface area contributed by atoms with Crippen molar-refractivity contribution in [1.29, 1.82) is 0 Å². The first-order valence-corrected chi connectivity index (χ1v) is 9.01. The number of anilines is 1. The van der Waals surface area contributed by atoms with Gasteiger partial charge in [0, 0.05) is 12.1 Å². The molecule has 7 nitrogen and oxygen atoms in total. The highest BCUT2D eigenvalue weighted by Gasteiger charge is 2.09. The van der Waals surface area contributed by atoms with Crippen LogP contribution in [0.5, 0.6) is 11.5 Å². The average molecular weight is 364 g/mol. The zero-order valence-electron chi connectivity index (χ0n) is 14.0. The Kier molecular flexibility index (Phi) is 6.00. The van der Waals surface area contributed by atoms with Crippen LogP contribution in [0, 0.1) is 0 Å². The second-order valence-corrected chi connectivity index (χ2v) is 6.87. The van der Waals surface area contributed by atoms with E-state index in [1.54, 1.807) is 20.3 Å². The second-order valence-electron chi connectivity index (χ2n) is 5.31. The molecule has 0 radical (unpaired) electrons. The highest BCUT2D eigenvalue weighted by atomic mass is 32.2. The lowest BCUT2D eigenvalue weighted by Crippen LogP contribution is -2.14. The Bertz CT molecular complexity index is 848. The number of nitrogens with two attached hydrogens (primary N) is 1. The van der Waals surface area contributed by atoms with E-state index in [1.807, 2.05) is 12.1 Å². The van der Waals surface area contributed by atoms with Crippen molar-refractivity contribution in [2.45, 2.75) is 17.7 Å². The van der Waals surface area contributed by atoms with Crippen LogP contribution in [0.4, 0.5) is 5.69 Å². The van der Waals surface area contributed by atoms with E-state index in [-0.39, 0.29) is 17.2 Å². The van der Waals surface area contributed by atoms with E-state index in [0.717, 1.165) is 5.56 Å². The molecule has 3 N–H and O–H groups in total. The number of aryl methyl sites for hydroxylation is 1. The molecule has 1 amide bonds. The Morgan fingerprint density at radius 1 is 1.04 bits per heavy atom. The summed E-state index contributed by atoms with van der Waals surface area (Å²) in [6, 6.07) is 11.2. The predicted molar refractivity (Wildman–Crippen MR) is 94.3 cm³/mol. The van der Waals surface area contributed by atoms with E-state index in [1.165, 1.54) is 24.3 Å². The summed E-state index contributed by atoms with van der Waals surface area (Å²) in [5.74, 6) is 1.06. The summed E-state index contributed by atoms with van der Waals surface area (Å²) in [7, 11) is -0.625. The Balaban J connectivity index is 1.94. The number of methoxy groups -OCH3 is 2. The van der Waals surface area contributed by atoms with Gasteiger partial charge in [-0.05, 0) is 48.4 Å². The summed E-state index contributed by atoms with van der Waals surface area (Å²) >= 11 is 0. The Labute approximate surface area is 146 Å². The number of hydrogen-bond acceptors (Lipinski definition) is 5. The molecule has 25 heavy (non-hydrogen) atoms. The minimum atomic E-state index is -3.74. The first-order chi connectivity index (χ1) is 11.8. The summed E-state index contributed by atoms with van der Waals surface area (Å²) in [5.41, 5.74) is 1.45. The lowest BCUT2D eigenvalue weighted by atomic mass is 10.1. The van der Waals surface area contributed by atoms with Gasteiger partial charge in [0.1, 0.15) is 0 Å². The average Bonchev–Trinajstić information content (AvgIpc) is 2.59. The van der Waals surface area contributed by atoms with Crippen molar-refractivity contribution >= 4 is 21.6 Å². The summed E-state index contributed by atoms with van der Waals surface area (Å²) in [5, 5.41) is 7.74. The number of benzene rings is 2. The molecule has 0 spiro atoms. The number of rotatable bonds is 7. The van der Waals surface area contributed by atoms with Gasteiger partial charge in [-0.25, -0.2) is 13.6 Å². The van der Waals surface area contributed by atoms with Crippen LogP contribution in [0.25, 0.3) is 0 Å². The first kappa shape index (κ1) is 18.8. The van der Waals surface area contributed by atoms with Gasteiger partial charge < -0.3 is 14.8 Å². The summed E-state index contributed by atoms with van der Waals surface area (Å²) in [6.45, 7) is 0. The van der Waals surface area contributed by atoms with Gasteiger partial charge in [0.25, 0.3) is 0 Å². The van der Waals surface area contributed by atoms with Gasteiger partial charge >= 0.3 is 0 Å². The number of sulfonamides is 1. The molecule has 0 saturated heterocycles. The van der Waals surface area contributed by atoms with Crippen LogP contribution < -0.4 is 19.9 Å². The van der Waals surface area contributed by atoms with Gasteiger partial charge in [-0.15, -0.1) is 0 Å². The van der Waals surface area contributed by atoms with Crippen molar-refractivity contribution in [3.8, 4) is 11.5 Å². The topological polar surface area (TPSA) is 108 Å². The third-order valence-corrected chi connectivity index (χ3v) is 4.48. The molecule has 0 unspecified atom stereocenters. The van der Waals surface area contributed by atoms with Gasteiger partial charge in [0.05, 0.1) is 19.1 Å². The van der Waals surface area contributed by atoms with Crippen molar-refractivity contribution in [1.82, 2.24) is 0 Å². The largest absolute Gasteiger partial charge is 0.493 e. The third-order valence-electron chi connectivity index (χ3n) is 3.56. The lowest BCUT2D eigenvalue weighted by molar-refractivity contribution is -0.116. The number of hydrogen-bond donors (Lipinski definition) is 2. The molecule has 0 atom stereocenters. The van der Waals surface area contributed by atoms with Crippen LogP contribution in [0.2, 0.25) is 0 Å². The monoisotopic (exact) mass is 364 g/mol. The molecular weight excluding hydrogens is 344 g/mol. The fraction of sp³-hybridized carbons (Fsp3) is 0.235. The molecule has 2 aromatic rings. The SMILES string of the molecule is COc1ccc(CCC(=O)Nc2ccc(S(N)(=O)=O)cc2)cc1OC. The number of nitrogens with one attached hydrogen (secondary N) is 1. The molecule has 134 valence electrons. The molecule has 0 bridgehead atoms. The molecule has 0 fully saturated rings. The molecule has 0 aliphatic heterocycles. The van der Waals surface area contributed by atoms with Crippen LogP contribution in [0.3, 0.4) is 0 Å². The van der Waals surface area contributed by atoms with Crippen molar-refractivity contribution in [2.75, 3.05) is 19.5 Å². The first-order valence-electron chi connectivity index (χ1n) is 7.47. The van der Waals surface area contributed by atoms with Gasteiger partial charge in [0.2, 0.25) is 15.9 Å². The van der Waals surface area contributed by atoms with Crippen LogP contribution in [-0.4, -0.2) is 28.5 Å². The van der Waals surface area contributed by atoms with Gasteiger partial charge in [-0.2, -0.15) is 0 Å². The zero-order valence-corrected chi connectivity index (χ0v) is 14.8. The van der Waals surface area contributed by atoms with E-state index >= 15 is 0 Å².